The fourth-order valence-corrected chi connectivity index (χ4v) is 4.07. The van der Waals surface area contributed by atoms with E-state index in [0.717, 1.165) is 39.0 Å². The van der Waals surface area contributed by atoms with Crippen LogP contribution in [-0.4, -0.2) is 37.0 Å². The number of likely N-dealkylation sites (tertiary alicyclic amines) is 1. The van der Waals surface area contributed by atoms with Crippen molar-refractivity contribution in [2.24, 2.45) is 11.8 Å². The van der Waals surface area contributed by atoms with Crippen molar-refractivity contribution < 1.29 is 4.79 Å². The topological polar surface area (TPSA) is 32.3 Å². The molecule has 0 aliphatic carbocycles. The van der Waals surface area contributed by atoms with Gasteiger partial charge in [-0.05, 0) is 69.5 Å². The Morgan fingerprint density at radius 1 is 1.13 bits per heavy atom. The molecule has 2 fully saturated rings. The molecule has 2 saturated heterocycles. The molecule has 126 valence electrons. The van der Waals surface area contributed by atoms with Crippen molar-refractivity contribution in [2.45, 2.75) is 44.9 Å². The summed E-state index contributed by atoms with van der Waals surface area (Å²) in [6, 6.07) is 10.8. The van der Waals surface area contributed by atoms with Crippen molar-refractivity contribution in [1.29, 1.82) is 0 Å². The van der Waals surface area contributed by atoms with E-state index < -0.39 is 0 Å². The Morgan fingerprint density at radius 2 is 1.91 bits per heavy atom. The summed E-state index contributed by atoms with van der Waals surface area (Å²) in [6.45, 7) is 3.99. The van der Waals surface area contributed by atoms with Crippen LogP contribution in [0, 0.1) is 11.8 Å². The van der Waals surface area contributed by atoms with E-state index >= 15 is 0 Å². The van der Waals surface area contributed by atoms with E-state index in [9.17, 15) is 4.79 Å². The molecule has 2 heterocycles. The van der Waals surface area contributed by atoms with Gasteiger partial charge in [-0.1, -0.05) is 30.3 Å². The highest BCUT2D eigenvalue weighted by Gasteiger charge is 2.29. The SMILES string of the molecule is O=C(C1CCNCC1)N1CCCC(CCCc2ccccc2)C1. The van der Waals surface area contributed by atoms with Crippen LogP contribution in [0.25, 0.3) is 0 Å². The second-order valence-corrected chi connectivity index (χ2v) is 7.19. The number of rotatable bonds is 5. The van der Waals surface area contributed by atoms with Gasteiger partial charge in [-0.15, -0.1) is 0 Å². The third kappa shape index (κ3) is 4.81. The molecule has 3 rings (SSSR count). The molecule has 1 aromatic carbocycles. The van der Waals surface area contributed by atoms with Crippen molar-refractivity contribution in [3.63, 3.8) is 0 Å². The van der Waals surface area contributed by atoms with E-state index in [1.165, 1.54) is 37.7 Å². The molecular formula is C20H30N2O. The van der Waals surface area contributed by atoms with Gasteiger partial charge in [0.25, 0.3) is 0 Å². The van der Waals surface area contributed by atoms with E-state index in [-0.39, 0.29) is 5.92 Å². The average molecular weight is 314 g/mol. The summed E-state index contributed by atoms with van der Waals surface area (Å²) in [5.41, 5.74) is 1.44. The van der Waals surface area contributed by atoms with Gasteiger partial charge in [-0.25, -0.2) is 0 Å². The molecule has 23 heavy (non-hydrogen) atoms. The molecule has 1 N–H and O–H groups in total. The van der Waals surface area contributed by atoms with Crippen molar-refractivity contribution in [3.05, 3.63) is 35.9 Å². The zero-order chi connectivity index (χ0) is 15.9. The Hall–Kier alpha value is -1.35. The Morgan fingerprint density at radius 3 is 2.70 bits per heavy atom. The van der Waals surface area contributed by atoms with Crippen LogP contribution in [0.2, 0.25) is 0 Å². The van der Waals surface area contributed by atoms with Crippen molar-refractivity contribution in [2.75, 3.05) is 26.2 Å². The van der Waals surface area contributed by atoms with E-state index in [2.05, 4.69) is 40.5 Å². The van der Waals surface area contributed by atoms with Crippen LogP contribution in [-0.2, 0) is 11.2 Å². The summed E-state index contributed by atoms with van der Waals surface area (Å²) in [5, 5.41) is 3.35. The number of nitrogens with one attached hydrogen (secondary N) is 1. The number of aryl methyl sites for hydroxylation is 1. The molecule has 2 aliphatic heterocycles. The second kappa shape index (κ2) is 8.49. The van der Waals surface area contributed by atoms with Gasteiger partial charge in [-0.2, -0.15) is 0 Å². The lowest BCUT2D eigenvalue weighted by molar-refractivity contribution is -0.138. The van der Waals surface area contributed by atoms with Crippen LogP contribution in [0.4, 0.5) is 0 Å². The van der Waals surface area contributed by atoms with Gasteiger partial charge in [0.15, 0.2) is 0 Å². The summed E-state index contributed by atoms with van der Waals surface area (Å²) < 4.78 is 0. The maximum Gasteiger partial charge on any atom is 0.225 e. The number of hydrogen-bond donors (Lipinski definition) is 1. The van der Waals surface area contributed by atoms with Gasteiger partial charge in [0.1, 0.15) is 0 Å². The molecule has 1 atom stereocenters. The number of nitrogens with zero attached hydrogens (tertiary/aromatic N) is 1. The lowest BCUT2D eigenvalue weighted by atomic mass is 9.90. The molecule has 0 aromatic heterocycles. The molecule has 0 saturated carbocycles. The number of carbonyl (C=O) groups excluding carboxylic acids is 1. The Kier molecular flexibility index (Phi) is 6.09. The minimum absolute atomic E-state index is 0.277. The maximum absolute atomic E-state index is 12.7. The smallest absolute Gasteiger partial charge is 0.225 e. The molecule has 1 unspecified atom stereocenters. The van der Waals surface area contributed by atoms with Crippen LogP contribution >= 0.6 is 0 Å². The molecule has 1 aromatic rings. The fourth-order valence-electron chi connectivity index (χ4n) is 4.07. The van der Waals surface area contributed by atoms with E-state index in [4.69, 9.17) is 0 Å². The molecule has 0 bridgehead atoms. The quantitative estimate of drug-likeness (QED) is 0.905. The summed E-state index contributed by atoms with van der Waals surface area (Å²) >= 11 is 0. The first kappa shape index (κ1) is 16.5. The Bertz CT molecular complexity index is 482. The van der Waals surface area contributed by atoms with Gasteiger partial charge in [0.2, 0.25) is 5.91 Å². The largest absolute Gasteiger partial charge is 0.342 e. The van der Waals surface area contributed by atoms with Crippen LogP contribution in [0.15, 0.2) is 30.3 Å². The second-order valence-electron chi connectivity index (χ2n) is 7.19. The molecule has 2 aliphatic rings. The average Bonchev–Trinajstić information content (AvgIpc) is 2.63. The van der Waals surface area contributed by atoms with Crippen molar-refractivity contribution in [1.82, 2.24) is 10.2 Å². The zero-order valence-corrected chi connectivity index (χ0v) is 14.2. The highest BCUT2D eigenvalue weighted by Crippen LogP contribution is 2.25. The molecule has 0 spiro atoms. The van der Waals surface area contributed by atoms with E-state index in [0.29, 0.717) is 11.8 Å². The summed E-state index contributed by atoms with van der Waals surface area (Å²) in [7, 11) is 0. The molecule has 0 radical (unpaired) electrons. The van der Waals surface area contributed by atoms with Gasteiger partial charge >= 0.3 is 0 Å². The highest BCUT2D eigenvalue weighted by atomic mass is 16.2. The predicted octanol–water partition coefficient (Wildman–Crippen LogP) is 3.25. The summed E-state index contributed by atoms with van der Waals surface area (Å²) in [4.78, 5) is 14.9. The standard InChI is InChI=1S/C20H30N2O/c23-20(19-11-13-21-14-12-19)22-15-5-10-18(16-22)9-4-8-17-6-2-1-3-7-17/h1-3,6-7,18-19,21H,4-5,8-16H2. The molecule has 3 nitrogen and oxygen atoms in total. The van der Waals surface area contributed by atoms with Crippen LogP contribution in [0.1, 0.15) is 44.1 Å². The first-order valence-electron chi connectivity index (χ1n) is 9.36. The fraction of sp³-hybridized carbons (Fsp3) is 0.650. The number of piperidine rings is 2. The maximum atomic E-state index is 12.7. The van der Waals surface area contributed by atoms with Crippen LogP contribution in [0.5, 0.6) is 0 Å². The summed E-state index contributed by atoms with van der Waals surface area (Å²) in [6.07, 6.45) is 8.19. The summed E-state index contributed by atoms with van der Waals surface area (Å²) in [5.74, 6) is 1.41. The molecular weight excluding hydrogens is 284 g/mol. The van der Waals surface area contributed by atoms with Gasteiger partial charge in [0.05, 0.1) is 0 Å². The van der Waals surface area contributed by atoms with Crippen molar-refractivity contribution >= 4 is 5.91 Å². The first-order chi connectivity index (χ1) is 11.3. The minimum Gasteiger partial charge on any atom is -0.342 e. The Labute approximate surface area is 140 Å². The molecule has 3 heteroatoms. The third-order valence-corrected chi connectivity index (χ3v) is 5.44. The number of hydrogen-bond acceptors (Lipinski definition) is 2. The number of benzene rings is 1. The lowest BCUT2D eigenvalue weighted by Crippen LogP contribution is -2.45. The number of amides is 1. The zero-order valence-electron chi connectivity index (χ0n) is 14.2. The first-order valence-corrected chi connectivity index (χ1v) is 9.36. The van der Waals surface area contributed by atoms with E-state index in [1.807, 2.05) is 0 Å². The van der Waals surface area contributed by atoms with Gasteiger partial charge in [-0.3, -0.25) is 4.79 Å². The Balaban J connectivity index is 1.43. The third-order valence-electron chi connectivity index (χ3n) is 5.44. The van der Waals surface area contributed by atoms with Gasteiger partial charge in [0, 0.05) is 19.0 Å². The van der Waals surface area contributed by atoms with E-state index in [1.54, 1.807) is 0 Å². The van der Waals surface area contributed by atoms with Gasteiger partial charge < -0.3 is 10.2 Å². The predicted molar refractivity (Wildman–Crippen MR) is 94.3 cm³/mol. The molecule has 1 amide bonds. The lowest BCUT2D eigenvalue weighted by Gasteiger charge is -2.36. The minimum atomic E-state index is 0.277. The van der Waals surface area contributed by atoms with Crippen LogP contribution < -0.4 is 5.32 Å². The van der Waals surface area contributed by atoms with Crippen molar-refractivity contribution in [3.8, 4) is 0 Å². The highest BCUT2D eigenvalue weighted by molar-refractivity contribution is 5.79. The number of carbonyl (C=O) groups is 1. The monoisotopic (exact) mass is 314 g/mol. The van der Waals surface area contributed by atoms with Crippen LogP contribution in [0.3, 0.4) is 0 Å². The normalized spacial score (nSPS) is 23.0.